The highest BCUT2D eigenvalue weighted by Crippen LogP contribution is 2.29. The fourth-order valence-corrected chi connectivity index (χ4v) is 3.40. The summed E-state index contributed by atoms with van der Waals surface area (Å²) < 4.78 is 10.5. The van der Waals surface area contributed by atoms with Crippen molar-refractivity contribution in [3.05, 3.63) is 65.3 Å². The first-order valence-electron chi connectivity index (χ1n) is 12.9. The summed E-state index contributed by atoms with van der Waals surface area (Å²) in [4.78, 5) is 43.4. The maximum absolute atomic E-state index is 11.5. The number of carbonyl (C=O) groups is 3. The molecule has 4 rings (SSSR count). The van der Waals surface area contributed by atoms with Gasteiger partial charge < -0.3 is 30.4 Å². The Hall–Kier alpha value is -4.87. The molecule has 4 amide bonds. The van der Waals surface area contributed by atoms with Gasteiger partial charge in [0.15, 0.2) is 17.8 Å². The van der Waals surface area contributed by atoms with Crippen LogP contribution in [0.4, 0.5) is 10.5 Å². The fraction of sp³-hybridized carbons (Fsp3) is 0.345. The van der Waals surface area contributed by atoms with Crippen molar-refractivity contribution >= 4 is 41.8 Å². The standard InChI is InChI=1S/C11H11N3O3.C10H11NO2.C6H13N3.C2H6/c1-3-7-6(12-4-2)5-8(17-7)9-10(15)14-11(16)13-9;1-11-6-7-3-4-8(13-2)5-9(7)10(11)12;1-5(2)4-9-6(7)8-3;1-2/h3-5,9H,1H2,2H3,(H2,13,14,15,16);3-5H,6H2,1-2H3;4H,1-3H3,(H3,7,8,9);1-2H3. The number of nitrogens with one attached hydrogen (secondary N) is 3. The molecule has 1 saturated heterocycles. The normalized spacial score (nSPS) is 15.2. The first-order valence-corrected chi connectivity index (χ1v) is 12.9. The third-order valence-corrected chi connectivity index (χ3v) is 5.32. The zero-order valence-corrected chi connectivity index (χ0v) is 25.0. The Morgan fingerprint density at radius 1 is 1.24 bits per heavy atom. The third-order valence-electron chi connectivity index (χ3n) is 5.32. The van der Waals surface area contributed by atoms with Crippen molar-refractivity contribution < 1.29 is 23.5 Å². The van der Waals surface area contributed by atoms with Gasteiger partial charge in [0, 0.05) is 44.7 Å². The largest absolute Gasteiger partial charge is 0.497 e. The summed E-state index contributed by atoms with van der Waals surface area (Å²) in [5.41, 5.74) is 8.90. The molecule has 1 fully saturated rings. The molecule has 5 N–H and O–H groups in total. The molecule has 1 aromatic heterocycles. The minimum absolute atomic E-state index is 0.0777. The van der Waals surface area contributed by atoms with Gasteiger partial charge in [-0.05, 0) is 44.5 Å². The second-order valence-corrected chi connectivity index (χ2v) is 8.54. The van der Waals surface area contributed by atoms with Gasteiger partial charge in [-0.2, -0.15) is 0 Å². The molecule has 0 spiro atoms. The van der Waals surface area contributed by atoms with Gasteiger partial charge in [0.25, 0.3) is 11.8 Å². The molecule has 0 aliphatic carbocycles. The van der Waals surface area contributed by atoms with Gasteiger partial charge in [-0.15, -0.1) is 0 Å². The number of hydrogen-bond acceptors (Lipinski definition) is 7. The first-order chi connectivity index (χ1) is 19.5. The van der Waals surface area contributed by atoms with Crippen molar-refractivity contribution in [2.24, 2.45) is 15.7 Å². The summed E-state index contributed by atoms with van der Waals surface area (Å²) in [7, 11) is 5.04. The lowest BCUT2D eigenvalue weighted by molar-refractivity contribution is -0.120. The molecule has 222 valence electrons. The predicted molar refractivity (Wildman–Crippen MR) is 162 cm³/mol. The number of amides is 4. The Labute approximate surface area is 241 Å². The zero-order chi connectivity index (χ0) is 31.1. The lowest BCUT2D eigenvalue weighted by atomic mass is 10.1. The number of benzene rings is 1. The van der Waals surface area contributed by atoms with Crippen molar-refractivity contribution in [1.29, 1.82) is 0 Å². The molecule has 0 radical (unpaired) electrons. The van der Waals surface area contributed by atoms with E-state index in [4.69, 9.17) is 14.9 Å². The van der Waals surface area contributed by atoms with Crippen LogP contribution >= 0.6 is 0 Å². The average molecular weight is 568 g/mol. The van der Waals surface area contributed by atoms with Crippen LogP contribution in [0, 0.1) is 0 Å². The predicted octanol–water partition coefficient (Wildman–Crippen LogP) is 4.28. The van der Waals surface area contributed by atoms with Gasteiger partial charge in [0.1, 0.15) is 17.2 Å². The molecule has 1 unspecified atom stereocenters. The summed E-state index contributed by atoms with van der Waals surface area (Å²) in [5.74, 6) is 1.62. The van der Waals surface area contributed by atoms with Gasteiger partial charge in [0.05, 0.1) is 7.11 Å². The SMILES string of the molecule is C=Cc1oc(C2NC(=O)NC2=O)cc1N=CC.CC.CN=C(N)NC=C(C)C.COc1ccc2c(c1)C(=O)N(C)C2. The zero-order valence-electron chi connectivity index (χ0n) is 25.0. The summed E-state index contributed by atoms with van der Waals surface area (Å²) in [6.07, 6.45) is 4.91. The van der Waals surface area contributed by atoms with Gasteiger partial charge in [-0.1, -0.05) is 32.1 Å². The van der Waals surface area contributed by atoms with Crippen LogP contribution in [0.3, 0.4) is 0 Å². The molecule has 3 heterocycles. The molecular formula is C29H41N7O5. The monoisotopic (exact) mass is 567 g/mol. The highest BCUT2D eigenvalue weighted by Gasteiger charge is 2.34. The minimum Gasteiger partial charge on any atom is -0.497 e. The van der Waals surface area contributed by atoms with Crippen LogP contribution in [0.1, 0.15) is 68.1 Å². The molecule has 2 aromatic rings. The molecule has 0 bridgehead atoms. The molecule has 2 aliphatic heterocycles. The van der Waals surface area contributed by atoms with E-state index in [1.165, 1.54) is 11.6 Å². The number of methoxy groups -OCH3 is 1. The Kier molecular flexibility index (Phi) is 14.1. The number of fused-ring (bicyclic) bond motifs is 1. The summed E-state index contributed by atoms with van der Waals surface area (Å²) in [5, 5.41) is 7.38. The van der Waals surface area contributed by atoms with Crippen molar-refractivity contribution in [1.82, 2.24) is 20.9 Å². The third kappa shape index (κ3) is 9.99. The van der Waals surface area contributed by atoms with Gasteiger partial charge in [-0.3, -0.25) is 24.9 Å². The minimum atomic E-state index is -0.804. The maximum Gasteiger partial charge on any atom is 0.322 e. The molecule has 12 heteroatoms. The Morgan fingerprint density at radius 3 is 2.44 bits per heavy atom. The quantitative estimate of drug-likeness (QED) is 0.238. The topological polar surface area (TPSA) is 164 Å². The number of ether oxygens (including phenoxy) is 1. The van der Waals surface area contributed by atoms with E-state index >= 15 is 0 Å². The van der Waals surface area contributed by atoms with Crippen LogP contribution in [0.2, 0.25) is 0 Å². The number of rotatable bonds is 5. The van der Waals surface area contributed by atoms with Crippen LogP contribution in [-0.4, -0.2) is 56.1 Å². The van der Waals surface area contributed by atoms with Gasteiger partial charge in [-0.25, -0.2) is 4.79 Å². The van der Waals surface area contributed by atoms with Crippen LogP contribution < -0.4 is 26.4 Å². The second kappa shape index (κ2) is 17.0. The smallest absolute Gasteiger partial charge is 0.322 e. The molecule has 1 atom stereocenters. The van der Waals surface area contributed by atoms with E-state index in [-0.39, 0.29) is 5.91 Å². The summed E-state index contributed by atoms with van der Waals surface area (Å²) in [6, 6.07) is 5.88. The molecule has 1 aromatic carbocycles. The summed E-state index contributed by atoms with van der Waals surface area (Å²) >= 11 is 0. The van der Waals surface area contributed by atoms with Crippen LogP contribution in [0.25, 0.3) is 6.08 Å². The summed E-state index contributed by atoms with van der Waals surface area (Å²) in [6.45, 7) is 14.0. The highest BCUT2D eigenvalue weighted by atomic mass is 16.5. The number of hydrogen-bond donors (Lipinski definition) is 4. The van der Waals surface area contributed by atoms with E-state index in [9.17, 15) is 14.4 Å². The molecule has 2 aliphatic rings. The Morgan fingerprint density at radius 2 is 1.93 bits per heavy atom. The number of allylic oxidation sites excluding steroid dienone is 1. The number of nitrogens with two attached hydrogens (primary N) is 1. The number of urea groups is 1. The van der Waals surface area contributed by atoms with Crippen molar-refractivity contribution in [3.63, 3.8) is 0 Å². The molecule has 41 heavy (non-hydrogen) atoms. The molecule has 0 saturated carbocycles. The lowest BCUT2D eigenvalue weighted by Crippen LogP contribution is -2.26. The second-order valence-electron chi connectivity index (χ2n) is 8.54. The average Bonchev–Trinajstić information content (AvgIpc) is 3.62. The van der Waals surface area contributed by atoms with Gasteiger partial charge in [0.2, 0.25) is 0 Å². The number of nitrogens with zero attached hydrogens (tertiary/aromatic N) is 3. The maximum atomic E-state index is 11.5. The van der Waals surface area contributed by atoms with E-state index in [2.05, 4.69) is 32.5 Å². The van der Waals surface area contributed by atoms with Crippen molar-refractivity contribution in [2.75, 3.05) is 21.2 Å². The van der Waals surface area contributed by atoms with E-state index < -0.39 is 18.0 Å². The molecular weight excluding hydrogens is 526 g/mol. The van der Waals surface area contributed by atoms with Crippen molar-refractivity contribution in [3.8, 4) is 5.75 Å². The Bertz CT molecular complexity index is 1310. The van der Waals surface area contributed by atoms with E-state index in [1.807, 2.05) is 46.0 Å². The van der Waals surface area contributed by atoms with Crippen LogP contribution in [0.5, 0.6) is 5.75 Å². The first kappa shape index (κ1) is 34.2. The van der Waals surface area contributed by atoms with Crippen LogP contribution in [-0.2, 0) is 11.3 Å². The lowest BCUT2D eigenvalue weighted by Gasteiger charge is -2.04. The highest BCUT2D eigenvalue weighted by molar-refractivity contribution is 6.04. The van der Waals surface area contributed by atoms with Gasteiger partial charge >= 0.3 is 6.03 Å². The number of imide groups is 1. The van der Waals surface area contributed by atoms with Crippen LogP contribution in [0.15, 0.2) is 57.0 Å². The van der Waals surface area contributed by atoms with E-state index in [0.29, 0.717) is 29.7 Å². The fourth-order valence-electron chi connectivity index (χ4n) is 3.40. The Balaban J connectivity index is 0.000000313. The number of carbonyl (C=O) groups excluding carboxylic acids is 3. The number of guanidine groups is 1. The number of furan rings is 1. The van der Waals surface area contributed by atoms with E-state index in [1.54, 1.807) is 51.4 Å². The molecule has 12 nitrogen and oxygen atoms in total. The van der Waals surface area contributed by atoms with E-state index in [0.717, 1.165) is 16.9 Å². The van der Waals surface area contributed by atoms with Crippen molar-refractivity contribution in [2.45, 2.75) is 47.2 Å². The number of aliphatic imine (C=N–C) groups is 2.